The second-order valence-corrected chi connectivity index (χ2v) is 7.08. The van der Waals surface area contributed by atoms with E-state index < -0.39 is 6.04 Å². The van der Waals surface area contributed by atoms with Crippen molar-refractivity contribution in [3.05, 3.63) is 28.2 Å². The molecule has 2 fully saturated rings. The average Bonchev–Trinajstić information content (AvgIpc) is 2.66. The lowest BCUT2D eigenvalue weighted by Gasteiger charge is -2.39. The number of imide groups is 1. The molecule has 1 unspecified atom stereocenters. The van der Waals surface area contributed by atoms with Gasteiger partial charge >= 0.3 is 6.03 Å². The summed E-state index contributed by atoms with van der Waals surface area (Å²) in [6.45, 7) is 4.66. The van der Waals surface area contributed by atoms with Crippen LogP contribution in [-0.4, -0.2) is 29.4 Å². The van der Waals surface area contributed by atoms with Crippen molar-refractivity contribution in [1.29, 1.82) is 0 Å². The second-order valence-electron chi connectivity index (χ2n) is 6.24. The van der Waals surface area contributed by atoms with E-state index in [1.807, 2.05) is 13.8 Å². The minimum absolute atomic E-state index is 0.214. The first-order chi connectivity index (χ1) is 9.83. The van der Waals surface area contributed by atoms with Crippen LogP contribution in [0.3, 0.4) is 0 Å². The maximum atomic E-state index is 12.8. The summed E-state index contributed by atoms with van der Waals surface area (Å²) in [5, 5.41) is 0.790. The molecule has 1 atom stereocenters. The Kier molecular flexibility index (Phi) is 3.41. The predicted octanol–water partition coefficient (Wildman–Crippen LogP) is 3.95. The van der Waals surface area contributed by atoms with Crippen LogP contribution >= 0.6 is 23.2 Å². The molecule has 0 bridgehead atoms. The van der Waals surface area contributed by atoms with Gasteiger partial charge in [0.05, 0.1) is 10.7 Å². The summed E-state index contributed by atoms with van der Waals surface area (Å²) < 4.78 is 0. The molecule has 0 saturated carbocycles. The molecule has 0 spiro atoms. The second kappa shape index (κ2) is 4.89. The highest BCUT2D eigenvalue weighted by atomic mass is 35.5. The summed E-state index contributed by atoms with van der Waals surface area (Å²) >= 11 is 12.1. The van der Waals surface area contributed by atoms with Gasteiger partial charge in [-0.05, 0) is 36.5 Å². The van der Waals surface area contributed by atoms with Crippen LogP contribution < -0.4 is 4.90 Å². The number of hydrogen-bond acceptors (Lipinski definition) is 2. The SMILES string of the molecule is CC1(C)CCCN2C(=O)N(c3cc(Cl)ccc3Cl)C(=O)C21. The highest BCUT2D eigenvalue weighted by Gasteiger charge is 2.54. The molecule has 4 nitrogen and oxygen atoms in total. The van der Waals surface area contributed by atoms with E-state index in [0.29, 0.717) is 22.3 Å². The summed E-state index contributed by atoms with van der Waals surface area (Å²) in [5.41, 5.74) is 0.134. The van der Waals surface area contributed by atoms with Gasteiger partial charge < -0.3 is 4.90 Å². The van der Waals surface area contributed by atoms with Crippen LogP contribution in [0.1, 0.15) is 26.7 Å². The van der Waals surface area contributed by atoms with Gasteiger partial charge in [0.25, 0.3) is 5.91 Å². The van der Waals surface area contributed by atoms with Gasteiger partial charge in [-0.25, -0.2) is 9.69 Å². The fourth-order valence-corrected chi connectivity index (χ4v) is 3.66. The average molecular weight is 327 g/mol. The fourth-order valence-electron chi connectivity index (χ4n) is 3.29. The van der Waals surface area contributed by atoms with Gasteiger partial charge in [0.15, 0.2) is 0 Å². The number of benzene rings is 1. The Balaban J connectivity index is 2.07. The topological polar surface area (TPSA) is 40.6 Å². The number of hydrogen-bond donors (Lipinski definition) is 0. The molecule has 0 N–H and O–H groups in total. The van der Waals surface area contributed by atoms with Gasteiger partial charge in [-0.3, -0.25) is 4.79 Å². The van der Waals surface area contributed by atoms with Crippen molar-refractivity contribution in [2.75, 3.05) is 11.4 Å². The molecular formula is C15H16Cl2N2O2. The molecule has 2 saturated heterocycles. The number of amides is 3. The zero-order chi connectivity index (χ0) is 15.4. The lowest BCUT2D eigenvalue weighted by molar-refractivity contribution is -0.124. The zero-order valence-corrected chi connectivity index (χ0v) is 13.4. The Bertz CT molecular complexity index is 630. The van der Waals surface area contributed by atoms with Crippen LogP contribution in [0, 0.1) is 5.41 Å². The van der Waals surface area contributed by atoms with Gasteiger partial charge in [-0.15, -0.1) is 0 Å². The first-order valence-electron chi connectivity index (χ1n) is 6.92. The third kappa shape index (κ3) is 2.21. The Morgan fingerprint density at radius 3 is 2.62 bits per heavy atom. The predicted molar refractivity (Wildman–Crippen MR) is 82.9 cm³/mol. The Morgan fingerprint density at radius 1 is 1.24 bits per heavy atom. The first kappa shape index (κ1) is 14.7. The molecule has 0 aromatic heterocycles. The lowest BCUT2D eigenvalue weighted by atomic mass is 9.77. The molecule has 2 heterocycles. The monoisotopic (exact) mass is 326 g/mol. The van der Waals surface area contributed by atoms with Crippen molar-refractivity contribution < 1.29 is 9.59 Å². The van der Waals surface area contributed by atoms with E-state index in [1.165, 1.54) is 4.90 Å². The molecule has 3 amide bonds. The van der Waals surface area contributed by atoms with Crippen LogP contribution in [0.25, 0.3) is 0 Å². The number of carbonyl (C=O) groups excluding carboxylic acids is 2. The quantitative estimate of drug-likeness (QED) is 0.733. The first-order valence-corrected chi connectivity index (χ1v) is 7.68. The van der Waals surface area contributed by atoms with Crippen LogP contribution in [0.15, 0.2) is 18.2 Å². The van der Waals surface area contributed by atoms with Gasteiger partial charge in [0, 0.05) is 11.6 Å². The molecule has 3 rings (SSSR count). The van der Waals surface area contributed by atoms with Crippen LogP contribution in [0.2, 0.25) is 10.0 Å². The van der Waals surface area contributed by atoms with E-state index in [0.717, 1.165) is 12.8 Å². The standard InChI is InChI=1S/C15H16Cl2N2O2/c1-15(2)6-3-7-18-12(15)13(20)19(14(18)21)11-8-9(16)4-5-10(11)17/h4-5,8,12H,3,6-7H2,1-2H3. The summed E-state index contributed by atoms with van der Waals surface area (Å²) in [4.78, 5) is 28.3. The number of anilines is 1. The highest BCUT2D eigenvalue weighted by molar-refractivity contribution is 6.37. The third-order valence-electron chi connectivity index (χ3n) is 4.31. The Labute approximate surface area is 133 Å². The maximum absolute atomic E-state index is 12.8. The largest absolute Gasteiger partial charge is 0.332 e. The van der Waals surface area contributed by atoms with Crippen molar-refractivity contribution in [2.45, 2.75) is 32.7 Å². The van der Waals surface area contributed by atoms with Gasteiger partial charge in [-0.2, -0.15) is 0 Å². The van der Waals surface area contributed by atoms with Crippen LogP contribution in [0.5, 0.6) is 0 Å². The van der Waals surface area contributed by atoms with Gasteiger partial charge in [0.2, 0.25) is 0 Å². The molecule has 0 radical (unpaired) electrons. The Hall–Kier alpha value is -1.26. The number of carbonyl (C=O) groups is 2. The zero-order valence-electron chi connectivity index (χ0n) is 11.9. The Morgan fingerprint density at radius 2 is 1.95 bits per heavy atom. The molecule has 1 aromatic carbocycles. The van der Waals surface area contributed by atoms with E-state index in [2.05, 4.69) is 0 Å². The number of fused-ring (bicyclic) bond motifs is 1. The van der Waals surface area contributed by atoms with Crippen LogP contribution in [-0.2, 0) is 4.79 Å². The third-order valence-corrected chi connectivity index (χ3v) is 4.87. The number of rotatable bonds is 1. The lowest BCUT2D eigenvalue weighted by Crippen LogP contribution is -2.49. The van der Waals surface area contributed by atoms with E-state index in [-0.39, 0.29) is 17.4 Å². The summed E-state index contributed by atoms with van der Waals surface area (Å²) in [6.07, 6.45) is 1.82. The molecule has 112 valence electrons. The molecule has 2 aliphatic heterocycles. The smallest absolute Gasteiger partial charge is 0.311 e. The van der Waals surface area contributed by atoms with Gasteiger partial charge in [-0.1, -0.05) is 37.0 Å². The molecular weight excluding hydrogens is 311 g/mol. The molecule has 2 aliphatic rings. The fraction of sp³-hybridized carbons (Fsp3) is 0.467. The van der Waals surface area contributed by atoms with E-state index in [9.17, 15) is 9.59 Å². The summed E-state index contributed by atoms with van der Waals surface area (Å²) in [6, 6.07) is 4.07. The van der Waals surface area contributed by atoms with E-state index in [4.69, 9.17) is 23.2 Å². The van der Waals surface area contributed by atoms with Crippen LogP contribution in [0.4, 0.5) is 10.5 Å². The number of halogens is 2. The highest BCUT2D eigenvalue weighted by Crippen LogP contribution is 2.42. The van der Waals surface area contributed by atoms with E-state index in [1.54, 1.807) is 23.1 Å². The van der Waals surface area contributed by atoms with E-state index >= 15 is 0 Å². The van der Waals surface area contributed by atoms with Crippen molar-refractivity contribution in [3.8, 4) is 0 Å². The number of urea groups is 1. The van der Waals surface area contributed by atoms with Crippen molar-refractivity contribution >= 4 is 40.8 Å². The minimum Gasteiger partial charge on any atom is -0.311 e. The molecule has 1 aromatic rings. The van der Waals surface area contributed by atoms with Crippen molar-refractivity contribution in [1.82, 2.24) is 4.90 Å². The molecule has 6 heteroatoms. The van der Waals surface area contributed by atoms with Crippen molar-refractivity contribution in [3.63, 3.8) is 0 Å². The normalized spacial score (nSPS) is 24.5. The van der Waals surface area contributed by atoms with Crippen molar-refractivity contribution in [2.24, 2.45) is 5.41 Å². The van der Waals surface area contributed by atoms with Gasteiger partial charge in [0.1, 0.15) is 6.04 Å². The minimum atomic E-state index is -0.422. The molecule has 21 heavy (non-hydrogen) atoms. The maximum Gasteiger partial charge on any atom is 0.332 e. The number of piperidine rings is 1. The molecule has 0 aliphatic carbocycles. The summed E-state index contributed by atoms with van der Waals surface area (Å²) in [7, 11) is 0. The number of nitrogens with zero attached hydrogens (tertiary/aromatic N) is 2. The summed E-state index contributed by atoms with van der Waals surface area (Å²) in [5.74, 6) is -0.214.